The van der Waals surface area contributed by atoms with Crippen LogP contribution in [0.4, 0.5) is 5.95 Å². The standard InChI is InChI=1S/C13H13ClN4S/c1-18(13-16-6-11(14)7-17-13)8-9-3-2-4-10(5-9)12(15)19/h2-7H,8H2,1H3,(H2,15,19). The average molecular weight is 293 g/mol. The van der Waals surface area contributed by atoms with Crippen LogP contribution in [0.15, 0.2) is 36.7 Å². The molecule has 1 aromatic heterocycles. The maximum atomic E-state index is 5.76. The van der Waals surface area contributed by atoms with Gasteiger partial charge in [0.15, 0.2) is 0 Å². The Morgan fingerprint density at radius 3 is 2.68 bits per heavy atom. The normalized spacial score (nSPS) is 10.2. The number of hydrogen-bond donors (Lipinski definition) is 1. The smallest absolute Gasteiger partial charge is 0.225 e. The molecular formula is C13H13ClN4S. The van der Waals surface area contributed by atoms with Crippen molar-refractivity contribution in [2.24, 2.45) is 5.73 Å². The number of benzene rings is 1. The lowest BCUT2D eigenvalue weighted by atomic mass is 10.1. The first-order valence-electron chi connectivity index (χ1n) is 5.63. The molecule has 0 unspecified atom stereocenters. The molecule has 2 rings (SSSR count). The molecule has 0 amide bonds. The number of halogens is 1. The first kappa shape index (κ1) is 13.7. The molecular weight excluding hydrogens is 280 g/mol. The van der Waals surface area contributed by atoms with Gasteiger partial charge in [-0.2, -0.15) is 0 Å². The van der Waals surface area contributed by atoms with E-state index in [2.05, 4.69) is 9.97 Å². The zero-order valence-electron chi connectivity index (χ0n) is 10.4. The number of anilines is 1. The van der Waals surface area contributed by atoms with Gasteiger partial charge in [0.1, 0.15) is 4.99 Å². The number of nitrogens with two attached hydrogens (primary N) is 1. The first-order chi connectivity index (χ1) is 9.06. The molecule has 98 valence electrons. The van der Waals surface area contributed by atoms with Crippen LogP contribution >= 0.6 is 23.8 Å². The average Bonchev–Trinajstić information content (AvgIpc) is 2.39. The van der Waals surface area contributed by atoms with Crippen molar-refractivity contribution in [2.75, 3.05) is 11.9 Å². The molecule has 0 radical (unpaired) electrons. The van der Waals surface area contributed by atoms with E-state index in [-0.39, 0.29) is 0 Å². The van der Waals surface area contributed by atoms with Gasteiger partial charge in [-0.1, -0.05) is 42.0 Å². The summed E-state index contributed by atoms with van der Waals surface area (Å²) in [6.45, 7) is 0.665. The van der Waals surface area contributed by atoms with Gasteiger partial charge in [0.05, 0.1) is 17.4 Å². The van der Waals surface area contributed by atoms with Gasteiger partial charge in [0.25, 0.3) is 0 Å². The van der Waals surface area contributed by atoms with E-state index in [4.69, 9.17) is 29.6 Å². The van der Waals surface area contributed by atoms with Crippen LogP contribution in [-0.4, -0.2) is 22.0 Å². The van der Waals surface area contributed by atoms with Crippen molar-refractivity contribution in [1.82, 2.24) is 9.97 Å². The summed E-state index contributed by atoms with van der Waals surface area (Å²) in [5.41, 5.74) is 7.57. The molecule has 0 bridgehead atoms. The number of rotatable bonds is 4. The molecule has 0 saturated heterocycles. The van der Waals surface area contributed by atoms with Crippen LogP contribution in [0.2, 0.25) is 5.02 Å². The first-order valence-corrected chi connectivity index (χ1v) is 6.42. The zero-order valence-corrected chi connectivity index (χ0v) is 11.9. The van der Waals surface area contributed by atoms with Crippen molar-refractivity contribution >= 4 is 34.8 Å². The van der Waals surface area contributed by atoms with Gasteiger partial charge in [-0.3, -0.25) is 0 Å². The van der Waals surface area contributed by atoms with E-state index in [1.54, 1.807) is 12.4 Å². The topological polar surface area (TPSA) is 55.0 Å². The minimum Gasteiger partial charge on any atom is -0.389 e. The van der Waals surface area contributed by atoms with E-state index in [9.17, 15) is 0 Å². The van der Waals surface area contributed by atoms with Crippen molar-refractivity contribution in [3.63, 3.8) is 0 Å². The molecule has 1 aromatic carbocycles. The number of aromatic nitrogens is 2. The predicted octanol–water partition coefficient (Wildman–Crippen LogP) is 2.40. The Hall–Kier alpha value is -1.72. The molecule has 4 nitrogen and oxygen atoms in total. The van der Waals surface area contributed by atoms with E-state index in [1.807, 2.05) is 36.2 Å². The third-order valence-corrected chi connectivity index (χ3v) is 3.01. The number of nitrogens with zero attached hydrogens (tertiary/aromatic N) is 3. The number of hydrogen-bond acceptors (Lipinski definition) is 4. The van der Waals surface area contributed by atoms with Crippen LogP contribution in [-0.2, 0) is 6.54 Å². The van der Waals surface area contributed by atoms with E-state index >= 15 is 0 Å². The molecule has 2 aromatic rings. The molecule has 0 aliphatic heterocycles. The van der Waals surface area contributed by atoms with Crippen LogP contribution in [0.5, 0.6) is 0 Å². The maximum Gasteiger partial charge on any atom is 0.225 e. The molecule has 0 aliphatic carbocycles. The minimum atomic E-state index is 0.396. The Morgan fingerprint density at radius 2 is 2.05 bits per heavy atom. The van der Waals surface area contributed by atoms with Gasteiger partial charge < -0.3 is 10.6 Å². The second kappa shape index (κ2) is 5.95. The summed E-state index contributed by atoms with van der Waals surface area (Å²) in [4.78, 5) is 10.6. The van der Waals surface area contributed by atoms with Gasteiger partial charge >= 0.3 is 0 Å². The maximum absolute atomic E-state index is 5.76. The van der Waals surface area contributed by atoms with Crippen molar-refractivity contribution in [3.8, 4) is 0 Å². The fourth-order valence-electron chi connectivity index (χ4n) is 1.67. The monoisotopic (exact) mass is 292 g/mol. The predicted molar refractivity (Wildman–Crippen MR) is 81.5 cm³/mol. The summed E-state index contributed by atoms with van der Waals surface area (Å²) in [7, 11) is 1.91. The second-order valence-corrected chi connectivity index (χ2v) is 5.00. The molecule has 6 heteroatoms. The molecule has 0 aliphatic rings. The fourth-order valence-corrected chi connectivity index (χ4v) is 1.89. The van der Waals surface area contributed by atoms with Crippen LogP contribution in [0, 0.1) is 0 Å². The second-order valence-electron chi connectivity index (χ2n) is 4.12. The highest BCUT2D eigenvalue weighted by Gasteiger charge is 2.06. The molecule has 0 fully saturated rings. The van der Waals surface area contributed by atoms with E-state index < -0.39 is 0 Å². The van der Waals surface area contributed by atoms with Crippen LogP contribution in [0.1, 0.15) is 11.1 Å². The van der Waals surface area contributed by atoms with Crippen molar-refractivity contribution in [1.29, 1.82) is 0 Å². The van der Waals surface area contributed by atoms with Crippen LogP contribution < -0.4 is 10.6 Å². The molecule has 0 atom stereocenters. The highest BCUT2D eigenvalue weighted by atomic mass is 35.5. The summed E-state index contributed by atoms with van der Waals surface area (Å²) in [5, 5.41) is 0.521. The Bertz CT molecular complexity index is 585. The third kappa shape index (κ3) is 3.62. The zero-order chi connectivity index (χ0) is 13.8. The Balaban J connectivity index is 2.14. The van der Waals surface area contributed by atoms with Crippen LogP contribution in [0.25, 0.3) is 0 Å². The largest absolute Gasteiger partial charge is 0.389 e. The van der Waals surface area contributed by atoms with Gasteiger partial charge in [-0.25, -0.2) is 9.97 Å². The highest BCUT2D eigenvalue weighted by Crippen LogP contribution is 2.13. The summed E-state index contributed by atoms with van der Waals surface area (Å²) in [6, 6.07) is 7.80. The molecule has 0 saturated carbocycles. The summed E-state index contributed by atoms with van der Waals surface area (Å²) in [5.74, 6) is 0.616. The SMILES string of the molecule is CN(Cc1cccc(C(N)=S)c1)c1ncc(Cl)cn1. The van der Waals surface area contributed by atoms with Gasteiger partial charge in [0.2, 0.25) is 5.95 Å². The Morgan fingerprint density at radius 1 is 1.37 bits per heavy atom. The van der Waals surface area contributed by atoms with Crippen molar-refractivity contribution < 1.29 is 0 Å². The minimum absolute atomic E-state index is 0.396. The Kier molecular flexibility index (Phi) is 4.29. The van der Waals surface area contributed by atoms with Gasteiger partial charge in [0, 0.05) is 19.2 Å². The van der Waals surface area contributed by atoms with Gasteiger partial charge in [-0.15, -0.1) is 0 Å². The lowest BCUT2D eigenvalue weighted by molar-refractivity contribution is 0.866. The fraction of sp³-hybridized carbons (Fsp3) is 0.154. The summed E-state index contributed by atoms with van der Waals surface area (Å²) < 4.78 is 0. The van der Waals surface area contributed by atoms with E-state index in [0.717, 1.165) is 11.1 Å². The quantitative estimate of drug-likeness (QED) is 0.877. The lowest BCUT2D eigenvalue weighted by Crippen LogP contribution is -2.19. The van der Waals surface area contributed by atoms with Crippen molar-refractivity contribution in [2.45, 2.75) is 6.54 Å². The number of thiocarbonyl (C=S) groups is 1. The van der Waals surface area contributed by atoms with Crippen LogP contribution in [0.3, 0.4) is 0 Å². The van der Waals surface area contributed by atoms with E-state index in [0.29, 0.717) is 22.5 Å². The molecule has 2 N–H and O–H groups in total. The molecule has 19 heavy (non-hydrogen) atoms. The summed E-state index contributed by atoms with van der Waals surface area (Å²) in [6.07, 6.45) is 3.15. The lowest BCUT2D eigenvalue weighted by Gasteiger charge is -2.17. The Labute approximate surface area is 122 Å². The molecule has 0 spiro atoms. The molecule has 1 heterocycles. The van der Waals surface area contributed by atoms with E-state index in [1.165, 1.54) is 0 Å². The highest BCUT2D eigenvalue weighted by molar-refractivity contribution is 7.80. The van der Waals surface area contributed by atoms with Crippen molar-refractivity contribution in [3.05, 3.63) is 52.8 Å². The third-order valence-electron chi connectivity index (χ3n) is 2.58. The summed E-state index contributed by atoms with van der Waals surface area (Å²) >= 11 is 10.7. The van der Waals surface area contributed by atoms with Gasteiger partial charge in [-0.05, 0) is 11.6 Å².